The zero-order chi connectivity index (χ0) is 12.8. The van der Waals surface area contributed by atoms with Crippen LogP contribution in [0.2, 0.25) is 0 Å². The van der Waals surface area contributed by atoms with E-state index in [1.807, 2.05) is 23.9 Å². The smallest absolute Gasteiger partial charge is 0.0136 e. The molecule has 0 saturated carbocycles. The van der Waals surface area contributed by atoms with Gasteiger partial charge in [-0.05, 0) is 56.4 Å². The Bertz CT molecular complexity index is 401. The SMILES string of the molecule is C=C/C=C\CCSc1c(C)c(C)cc(C)c1C. The van der Waals surface area contributed by atoms with E-state index in [0.717, 1.165) is 12.2 Å². The summed E-state index contributed by atoms with van der Waals surface area (Å²) in [5.41, 5.74) is 5.67. The monoisotopic (exact) mass is 246 g/mol. The summed E-state index contributed by atoms with van der Waals surface area (Å²) in [5, 5.41) is 0. The van der Waals surface area contributed by atoms with Gasteiger partial charge >= 0.3 is 0 Å². The van der Waals surface area contributed by atoms with Gasteiger partial charge < -0.3 is 0 Å². The van der Waals surface area contributed by atoms with Gasteiger partial charge in [-0.3, -0.25) is 0 Å². The Morgan fingerprint density at radius 2 is 1.71 bits per heavy atom. The topological polar surface area (TPSA) is 0 Å². The molecule has 0 aromatic heterocycles. The minimum atomic E-state index is 1.10. The van der Waals surface area contributed by atoms with E-state index in [0.29, 0.717) is 0 Å². The highest BCUT2D eigenvalue weighted by Gasteiger charge is 2.08. The third kappa shape index (κ3) is 3.78. The molecule has 0 bridgehead atoms. The van der Waals surface area contributed by atoms with Crippen LogP contribution in [0.15, 0.2) is 35.8 Å². The van der Waals surface area contributed by atoms with Gasteiger partial charge in [0.2, 0.25) is 0 Å². The highest BCUT2D eigenvalue weighted by Crippen LogP contribution is 2.31. The van der Waals surface area contributed by atoms with E-state index in [-0.39, 0.29) is 0 Å². The van der Waals surface area contributed by atoms with Crippen molar-refractivity contribution in [3.8, 4) is 0 Å². The van der Waals surface area contributed by atoms with Crippen molar-refractivity contribution in [2.75, 3.05) is 5.75 Å². The highest BCUT2D eigenvalue weighted by atomic mass is 32.2. The fourth-order valence-corrected chi connectivity index (χ4v) is 3.03. The van der Waals surface area contributed by atoms with Gasteiger partial charge in [0.25, 0.3) is 0 Å². The molecule has 0 amide bonds. The molecule has 17 heavy (non-hydrogen) atoms. The molecule has 0 nitrogen and oxygen atoms in total. The zero-order valence-electron chi connectivity index (χ0n) is 11.3. The van der Waals surface area contributed by atoms with Crippen LogP contribution in [0.1, 0.15) is 28.7 Å². The van der Waals surface area contributed by atoms with Crippen molar-refractivity contribution < 1.29 is 0 Å². The summed E-state index contributed by atoms with van der Waals surface area (Å²) < 4.78 is 0. The van der Waals surface area contributed by atoms with Gasteiger partial charge in [-0.25, -0.2) is 0 Å². The van der Waals surface area contributed by atoms with Crippen LogP contribution in [0.5, 0.6) is 0 Å². The fourth-order valence-electron chi connectivity index (χ4n) is 1.82. The van der Waals surface area contributed by atoms with Gasteiger partial charge in [0.1, 0.15) is 0 Å². The van der Waals surface area contributed by atoms with Crippen molar-refractivity contribution in [3.63, 3.8) is 0 Å². The summed E-state index contributed by atoms with van der Waals surface area (Å²) in [7, 11) is 0. The number of thioether (sulfide) groups is 1. The number of aryl methyl sites for hydroxylation is 2. The van der Waals surface area contributed by atoms with E-state index in [1.54, 1.807) is 0 Å². The number of benzene rings is 1. The summed E-state index contributed by atoms with van der Waals surface area (Å²) in [4.78, 5) is 1.47. The standard InChI is InChI=1S/C16H22S/c1-6-7-8-9-10-17-16-14(4)12(2)11-13(3)15(16)5/h6-8,11H,1,9-10H2,2-5H3/b8-7-. The van der Waals surface area contributed by atoms with Crippen LogP contribution in [0, 0.1) is 27.7 Å². The predicted octanol–water partition coefficient (Wildman–Crippen LogP) is 5.14. The minimum absolute atomic E-state index is 1.10. The average molecular weight is 246 g/mol. The predicted molar refractivity (Wildman–Crippen MR) is 80.1 cm³/mol. The Hall–Kier alpha value is -0.950. The third-order valence-corrected chi connectivity index (χ3v) is 4.44. The van der Waals surface area contributed by atoms with Crippen LogP contribution in [0.3, 0.4) is 0 Å². The van der Waals surface area contributed by atoms with E-state index in [2.05, 4.69) is 46.4 Å². The molecule has 92 valence electrons. The molecule has 1 rings (SSSR count). The van der Waals surface area contributed by atoms with Crippen LogP contribution in [0.4, 0.5) is 0 Å². The first kappa shape index (κ1) is 14.1. The second-order valence-electron chi connectivity index (χ2n) is 4.39. The number of hydrogen-bond donors (Lipinski definition) is 0. The van der Waals surface area contributed by atoms with E-state index in [9.17, 15) is 0 Å². The first-order valence-electron chi connectivity index (χ1n) is 6.05. The van der Waals surface area contributed by atoms with Crippen LogP contribution < -0.4 is 0 Å². The van der Waals surface area contributed by atoms with Crippen molar-refractivity contribution in [2.24, 2.45) is 0 Å². The zero-order valence-corrected chi connectivity index (χ0v) is 12.2. The lowest BCUT2D eigenvalue weighted by Crippen LogP contribution is -1.94. The first-order chi connectivity index (χ1) is 8.07. The second-order valence-corrected chi connectivity index (χ2v) is 5.50. The molecule has 0 fully saturated rings. The van der Waals surface area contributed by atoms with Gasteiger partial charge in [0.05, 0.1) is 0 Å². The van der Waals surface area contributed by atoms with Crippen molar-refractivity contribution >= 4 is 11.8 Å². The van der Waals surface area contributed by atoms with Crippen molar-refractivity contribution in [1.82, 2.24) is 0 Å². The van der Waals surface area contributed by atoms with E-state index >= 15 is 0 Å². The molecule has 0 N–H and O–H groups in total. The average Bonchev–Trinajstić information content (AvgIpc) is 2.30. The molecule has 0 radical (unpaired) electrons. The maximum atomic E-state index is 3.67. The molecule has 1 aromatic rings. The fraction of sp³-hybridized carbons (Fsp3) is 0.375. The van der Waals surface area contributed by atoms with Gasteiger partial charge in [-0.2, -0.15) is 0 Å². The van der Waals surface area contributed by atoms with Crippen LogP contribution in [0.25, 0.3) is 0 Å². The van der Waals surface area contributed by atoms with Crippen LogP contribution in [-0.4, -0.2) is 5.75 Å². The summed E-state index contributed by atoms with van der Waals surface area (Å²) in [6.07, 6.45) is 7.12. The molecule has 0 heterocycles. The summed E-state index contributed by atoms with van der Waals surface area (Å²) in [6, 6.07) is 2.28. The molecule has 1 aromatic carbocycles. The summed E-state index contributed by atoms with van der Waals surface area (Å²) in [6.45, 7) is 12.5. The molecular weight excluding hydrogens is 224 g/mol. The molecule has 0 saturated heterocycles. The normalized spacial score (nSPS) is 11.1. The quantitative estimate of drug-likeness (QED) is 0.393. The Morgan fingerprint density at radius 1 is 1.12 bits per heavy atom. The van der Waals surface area contributed by atoms with Crippen molar-refractivity contribution in [1.29, 1.82) is 0 Å². The van der Waals surface area contributed by atoms with E-state index < -0.39 is 0 Å². The lowest BCUT2D eigenvalue weighted by Gasteiger charge is -2.14. The largest absolute Gasteiger partial charge is 0.125 e. The Labute approximate surface area is 110 Å². The van der Waals surface area contributed by atoms with Crippen LogP contribution in [-0.2, 0) is 0 Å². The lowest BCUT2D eigenvalue weighted by atomic mass is 10.0. The maximum absolute atomic E-state index is 3.67. The first-order valence-corrected chi connectivity index (χ1v) is 7.04. The summed E-state index contributed by atoms with van der Waals surface area (Å²) in [5.74, 6) is 1.13. The van der Waals surface area contributed by atoms with E-state index in [4.69, 9.17) is 0 Å². The Kier molecular flexibility index (Phi) is 5.57. The molecule has 0 spiro atoms. The van der Waals surface area contributed by atoms with E-state index in [1.165, 1.54) is 27.1 Å². The molecular formula is C16H22S. The van der Waals surface area contributed by atoms with Gasteiger partial charge in [-0.1, -0.05) is 30.9 Å². The highest BCUT2D eigenvalue weighted by molar-refractivity contribution is 7.99. The van der Waals surface area contributed by atoms with Gasteiger partial charge in [-0.15, -0.1) is 11.8 Å². The molecule has 0 aliphatic carbocycles. The maximum Gasteiger partial charge on any atom is 0.0136 e. The molecule has 0 atom stereocenters. The summed E-state index contributed by atoms with van der Waals surface area (Å²) >= 11 is 1.97. The molecule has 1 heteroatoms. The van der Waals surface area contributed by atoms with Crippen molar-refractivity contribution in [3.05, 3.63) is 53.1 Å². The second kappa shape index (κ2) is 6.70. The number of hydrogen-bond acceptors (Lipinski definition) is 1. The van der Waals surface area contributed by atoms with Gasteiger partial charge in [0.15, 0.2) is 0 Å². The van der Waals surface area contributed by atoms with Gasteiger partial charge in [0, 0.05) is 10.6 Å². The molecule has 0 aliphatic heterocycles. The number of allylic oxidation sites excluding steroid dienone is 3. The lowest BCUT2D eigenvalue weighted by molar-refractivity contribution is 1.12. The Balaban J connectivity index is 2.76. The third-order valence-electron chi connectivity index (χ3n) is 3.10. The Morgan fingerprint density at radius 3 is 2.24 bits per heavy atom. The minimum Gasteiger partial charge on any atom is -0.125 e. The number of rotatable bonds is 5. The molecule has 0 aliphatic rings. The van der Waals surface area contributed by atoms with Crippen LogP contribution >= 0.6 is 11.8 Å². The molecule has 0 unspecified atom stereocenters. The van der Waals surface area contributed by atoms with Crippen molar-refractivity contribution in [2.45, 2.75) is 39.0 Å².